The normalized spacial score (nSPS) is 13.3. The molecule has 31 heavy (non-hydrogen) atoms. The number of rotatable bonds is 14. The van der Waals surface area contributed by atoms with Crippen molar-refractivity contribution in [2.45, 2.75) is 38.3 Å². The Morgan fingerprint density at radius 3 is 2.13 bits per heavy atom. The van der Waals surface area contributed by atoms with E-state index < -0.39 is 70.6 Å². The van der Waals surface area contributed by atoms with E-state index in [2.05, 4.69) is 34.7 Å². The van der Waals surface area contributed by atoms with Crippen molar-refractivity contribution in [3.05, 3.63) is 0 Å². The molecule has 0 rings (SSSR count). The van der Waals surface area contributed by atoms with Crippen molar-refractivity contribution >= 4 is 45.6 Å². The van der Waals surface area contributed by atoms with E-state index >= 15 is 0 Å². The zero-order valence-corrected chi connectivity index (χ0v) is 19.0. The number of aliphatic carboxylic acids is 1. The van der Waals surface area contributed by atoms with E-state index in [9.17, 15) is 28.8 Å². The first-order valence-corrected chi connectivity index (χ1v) is 12.4. The number of nitrogens with one attached hydrogen (secondary N) is 3. The number of primary amides is 1. The number of nitrogens with two attached hydrogens (primary N) is 1. The van der Waals surface area contributed by atoms with Gasteiger partial charge in [-0.25, -0.2) is 10.0 Å². The Labute approximate surface area is 182 Å². The summed E-state index contributed by atoms with van der Waals surface area (Å²) < 4.78 is 5.05. The first kappa shape index (κ1) is 28.2. The zero-order valence-electron chi connectivity index (χ0n) is 18.2. The number of hydrogen-bond acceptors (Lipinski definition) is 7. The lowest BCUT2D eigenvalue weighted by atomic mass is 10.2. The summed E-state index contributed by atoms with van der Waals surface area (Å²) in [5, 5.41) is 15.4. The monoisotopic (exact) mass is 464 g/mol. The molecule has 2 atom stereocenters. The van der Waals surface area contributed by atoms with E-state index in [1.807, 2.05) is 0 Å². The Kier molecular flexibility index (Phi) is 12.2. The van der Waals surface area contributed by atoms with Crippen molar-refractivity contribution in [3.63, 3.8) is 0 Å². The van der Waals surface area contributed by atoms with Crippen molar-refractivity contribution in [1.29, 1.82) is 0 Å². The molecule has 0 fully saturated rings. The molecule has 0 aliphatic carbocycles. The van der Waals surface area contributed by atoms with Gasteiger partial charge in [-0.2, -0.15) is 0 Å². The molecule has 0 unspecified atom stereocenters. The summed E-state index contributed by atoms with van der Waals surface area (Å²) in [6.07, 6.45) is 5.31. The third kappa shape index (κ3) is 14.7. The molecule has 0 aromatic carbocycles. The van der Waals surface area contributed by atoms with E-state index in [0.717, 1.165) is 5.75 Å². The van der Waals surface area contributed by atoms with Crippen molar-refractivity contribution in [3.8, 4) is 0 Å². The van der Waals surface area contributed by atoms with Crippen LogP contribution in [0.4, 0.5) is 0 Å². The van der Waals surface area contributed by atoms with Crippen LogP contribution in [0.2, 0.25) is 0 Å². The smallest absolute Gasteiger partial charge is 0.306 e. The number of amides is 4. The maximum absolute atomic E-state index is 12.0. The highest BCUT2D eigenvalue weighted by molar-refractivity contribution is 8.32. The van der Waals surface area contributed by atoms with E-state index in [4.69, 9.17) is 15.6 Å². The van der Waals surface area contributed by atoms with Gasteiger partial charge in [0.2, 0.25) is 23.6 Å². The molecule has 0 heterocycles. The average Bonchev–Trinajstić information content (AvgIpc) is 2.62. The summed E-state index contributed by atoms with van der Waals surface area (Å²) in [5.41, 5.74) is 5.03. The van der Waals surface area contributed by atoms with E-state index in [-0.39, 0.29) is 12.8 Å². The Balaban J connectivity index is 4.24. The minimum Gasteiger partial charge on any atom is -0.481 e. The van der Waals surface area contributed by atoms with Gasteiger partial charge in [-0.15, -0.1) is 0 Å². The summed E-state index contributed by atoms with van der Waals surface area (Å²) in [6.45, 7) is 1.17. The third-order valence-electron chi connectivity index (χ3n) is 3.77. The molecule has 0 aromatic heterocycles. The minimum absolute atomic E-state index is 0.121. The lowest BCUT2D eigenvalue weighted by Crippen LogP contribution is -2.53. The maximum Gasteiger partial charge on any atom is 0.306 e. The molecule has 178 valence electrons. The van der Waals surface area contributed by atoms with Crippen LogP contribution in [-0.4, -0.2) is 90.4 Å². The van der Waals surface area contributed by atoms with Crippen LogP contribution in [0.5, 0.6) is 0 Å². The van der Waals surface area contributed by atoms with Gasteiger partial charge in [-0.05, 0) is 25.7 Å². The SMILES string of the molecule is C[C@H](NC(=O)CNC(=O)CCC(=O)OCCS(C)(C)C)C(=O)N[C@@H](CC(=O)O)C(N)=O. The fraction of sp³-hybridized carbons (Fsp3) is 0.667. The fourth-order valence-electron chi connectivity index (χ4n) is 2.01. The second kappa shape index (κ2) is 13.5. The predicted molar refractivity (Wildman–Crippen MR) is 114 cm³/mol. The number of carboxylic acids is 1. The van der Waals surface area contributed by atoms with Crippen molar-refractivity contribution in [2.24, 2.45) is 5.73 Å². The second-order valence-electron chi connectivity index (χ2n) is 7.64. The number of carboxylic acid groups (broad SMARTS) is 1. The Bertz CT molecular complexity index is 693. The molecular weight excluding hydrogens is 432 g/mol. The van der Waals surface area contributed by atoms with Gasteiger partial charge in [-0.1, -0.05) is 0 Å². The molecule has 0 aromatic rings. The lowest BCUT2D eigenvalue weighted by molar-refractivity contribution is -0.144. The van der Waals surface area contributed by atoms with Crippen LogP contribution in [0.15, 0.2) is 0 Å². The molecule has 0 spiro atoms. The lowest BCUT2D eigenvalue weighted by Gasteiger charge is -2.24. The number of hydrogen-bond donors (Lipinski definition) is 5. The number of carbonyl (C=O) groups excluding carboxylic acids is 5. The van der Waals surface area contributed by atoms with Gasteiger partial charge in [0.15, 0.2) is 0 Å². The molecule has 0 aliphatic heterocycles. The minimum atomic E-state index is -1.42. The van der Waals surface area contributed by atoms with Crippen LogP contribution in [0.3, 0.4) is 0 Å². The second-order valence-corrected chi connectivity index (χ2v) is 12.2. The van der Waals surface area contributed by atoms with Crippen LogP contribution < -0.4 is 21.7 Å². The first-order chi connectivity index (χ1) is 14.2. The molecular formula is C18H32N4O8S. The molecule has 13 heteroatoms. The fourth-order valence-corrected chi connectivity index (χ4v) is 2.60. The van der Waals surface area contributed by atoms with Crippen LogP contribution in [0.1, 0.15) is 26.2 Å². The summed E-state index contributed by atoms with van der Waals surface area (Å²) in [7, 11) is -0.780. The molecule has 0 aliphatic rings. The topological polar surface area (TPSA) is 194 Å². The quantitative estimate of drug-likeness (QED) is 0.183. The average molecular weight is 465 g/mol. The van der Waals surface area contributed by atoms with E-state index in [1.165, 1.54) is 6.92 Å². The van der Waals surface area contributed by atoms with Crippen LogP contribution in [0.25, 0.3) is 0 Å². The highest BCUT2D eigenvalue weighted by Gasteiger charge is 2.24. The van der Waals surface area contributed by atoms with Crippen LogP contribution in [0, 0.1) is 0 Å². The maximum atomic E-state index is 12.0. The van der Waals surface area contributed by atoms with E-state index in [0.29, 0.717) is 6.61 Å². The van der Waals surface area contributed by atoms with Gasteiger partial charge in [0.05, 0.1) is 26.0 Å². The Hall–Kier alpha value is -2.83. The molecule has 4 amide bonds. The van der Waals surface area contributed by atoms with Crippen LogP contribution >= 0.6 is 10.0 Å². The Morgan fingerprint density at radius 2 is 1.61 bits per heavy atom. The highest BCUT2D eigenvalue weighted by Crippen LogP contribution is 2.33. The van der Waals surface area contributed by atoms with E-state index in [1.54, 1.807) is 0 Å². The standard InChI is InChI=1S/C18H32N4O8S/c1-11(18(29)22-12(17(19)28)9-15(25)26)21-14(24)10-20-13(23)5-6-16(27)30-7-8-31(2,3)4/h11-12H,5-10H2,1-4H3,(H2,19,28)(H,20,23)(H,21,24)(H,22,29)(H,25,26)/t11-,12-/m0/s1. The zero-order chi connectivity index (χ0) is 24.2. The predicted octanol–water partition coefficient (Wildman–Crippen LogP) is -1.93. The van der Waals surface area contributed by atoms with Gasteiger partial charge in [0.1, 0.15) is 12.1 Å². The van der Waals surface area contributed by atoms with Crippen LogP contribution in [-0.2, 0) is 33.5 Å². The first-order valence-electron chi connectivity index (χ1n) is 9.40. The number of ether oxygens (including phenoxy) is 1. The number of carbonyl (C=O) groups is 6. The largest absolute Gasteiger partial charge is 0.481 e. The number of esters is 1. The summed E-state index contributed by atoms with van der Waals surface area (Å²) in [5.74, 6) is -4.14. The molecule has 0 bridgehead atoms. The third-order valence-corrected chi connectivity index (χ3v) is 5.16. The molecule has 0 saturated heterocycles. The van der Waals surface area contributed by atoms with Gasteiger partial charge < -0.3 is 31.5 Å². The summed E-state index contributed by atoms with van der Waals surface area (Å²) in [4.78, 5) is 69.0. The molecule has 0 saturated carbocycles. The molecule has 6 N–H and O–H groups in total. The van der Waals surface area contributed by atoms with Gasteiger partial charge >= 0.3 is 11.9 Å². The summed E-state index contributed by atoms with van der Waals surface area (Å²) in [6, 6.07) is -2.53. The van der Waals surface area contributed by atoms with Crippen molar-refractivity contribution < 1.29 is 38.6 Å². The van der Waals surface area contributed by atoms with Gasteiger partial charge in [0, 0.05) is 12.2 Å². The molecule has 0 radical (unpaired) electrons. The van der Waals surface area contributed by atoms with Crippen molar-refractivity contribution in [1.82, 2.24) is 16.0 Å². The Morgan fingerprint density at radius 1 is 1.00 bits per heavy atom. The van der Waals surface area contributed by atoms with Crippen molar-refractivity contribution in [2.75, 3.05) is 37.7 Å². The summed E-state index contributed by atoms with van der Waals surface area (Å²) >= 11 is 0. The van der Waals surface area contributed by atoms with Gasteiger partial charge in [0.25, 0.3) is 0 Å². The van der Waals surface area contributed by atoms with Gasteiger partial charge in [-0.3, -0.25) is 28.8 Å². The highest BCUT2D eigenvalue weighted by atomic mass is 32.3. The molecule has 12 nitrogen and oxygen atoms in total.